The minimum Gasteiger partial charge on any atom is -0.245 e. The molecule has 4 nitrogen and oxygen atoms in total. The molecule has 0 atom stereocenters. The summed E-state index contributed by atoms with van der Waals surface area (Å²) in [7, 11) is 0. The second kappa shape index (κ2) is 17.2. The predicted octanol–water partition coefficient (Wildman–Crippen LogP) is 16.9. The molecule has 0 N–H and O–H groups in total. The van der Waals surface area contributed by atoms with Gasteiger partial charge in [0.1, 0.15) is 0 Å². The summed E-state index contributed by atoms with van der Waals surface area (Å²) in [4.78, 5) is 9.87. The SMILES string of the molecule is FC(F)(F)C(F)(F)C(F)(F)C1=C2N=C(C(Cl)=C2Cl)C(C(F)(F)C(F)(F)C(F)(F)F)=C2N=C(C(Cl)=C2Cl)C(C(F)(F)C(F)(F)C(F)(F)F)=C2N=C(C(Cl)=C2Cl)C(C(F)(F)C(F)(F)C(F)(F)F)=C2N=C1C(Cl)=C2Cl. The van der Waals surface area contributed by atoms with Crippen molar-refractivity contribution in [3.8, 4) is 0 Å². The number of halogens is 36. The van der Waals surface area contributed by atoms with E-state index in [-0.39, 0.29) is 0 Å². The normalized spacial score (nSPS) is 20.4. The first kappa shape index (κ1) is 59.8. The van der Waals surface area contributed by atoms with Gasteiger partial charge in [-0.15, -0.1) is 0 Å². The summed E-state index contributed by atoms with van der Waals surface area (Å²) in [5, 5.41) is -20.5. The number of hydrogen-bond donors (Lipinski definition) is 0. The van der Waals surface area contributed by atoms with Crippen molar-refractivity contribution in [3.05, 3.63) is 85.3 Å². The zero-order valence-electron chi connectivity index (χ0n) is 31.4. The maximum Gasteiger partial charge on any atom is 0.460 e. The first-order chi connectivity index (χ1) is 31.7. The van der Waals surface area contributed by atoms with E-state index in [1.54, 1.807) is 0 Å². The molecule has 8 bridgehead atoms. The van der Waals surface area contributed by atoms with Gasteiger partial charge in [0.05, 0.1) is 108 Å². The quantitative estimate of drug-likeness (QED) is 0.218. The predicted molar refractivity (Wildman–Crippen MR) is 197 cm³/mol. The fourth-order valence-electron chi connectivity index (χ4n) is 5.97. The van der Waals surface area contributed by atoms with E-state index >= 15 is 35.1 Å². The van der Waals surface area contributed by atoms with Gasteiger partial charge in [0.2, 0.25) is 0 Å². The van der Waals surface area contributed by atoms with Crippen molar-refractivity contribution in [2.75, 3.05) is 0 Å². The van der Waals surface area contributed by atoms with Gasteiger partial charge in [-0.1, -0.05) is 92.8 Å². The summed E-state index contributed by atoms with van der Waals surface area (Å²) >= 11 is 45.1. The van der Waals surface area contributed by atoms with E-state index < -0.39 is 180 Å². The van der Waals surface area contributed by atoms with E-state index in [4.69, 9.17) is 92.8 Å². The molecule has 0 spiro atoms. The Balaban J connectivity index is 2.33. The number of nitrogens with zero attached hydrogens (tertiary/aromatic N) is 4. The average molecular weight is 1260 g/mol. The molecule has 5 rings (SSSR count). The van der Waals surface area contributed by atoms with Crippen LogP contribution in [0.15, 0.2) is 105 Å². The largest absolute Gasteiger partial charge is 0.460 e. The molecule has 0 aromatic carbocycles. The number of aliphatic imine (C=N–C) groups is 4. The maximum absolute atomic E-state index is 16.2. The molecule has 40 heteroatoms. The van der Waals surface area contributed by atoms with Crippen LogP contribution in [0.2, 0.25) is 0 Å². The Labute approximate surface area is 414 Å². The molecule has 0 unspecified atom stereocenters. The molecule has 5 aliphatic rings. The molecule has 0 aromatic rings. The van der Waals surface area contributed by atoms with Gasteiger partial charge >= 0.3 is 72.1 Å². The molecule has 0 fully saturated rings. The van der Waals surface area contributed by atoms with Crippen molar-refractivity contribution in [2.45, 2.75) is 72.1 Å². The lowest BCUT2D eigenvalue weighted by Crippen LogP contribution is -2.54. The molecular formula is C32Cl8F28N4. The third-order valence-electron chi connectivity index (χ3n) is 9.48. The highest BCUT2D eigenvalue weighted by atomic mass is 35.5. The van der Waals surface area contributed by atoms with Crippen molar-refractivity contribution in [1.29, 1.82) is 0 Å². The lowest BCUT2D eigenvalue weighted by Gasteiger charge is -2.31. The average Bonchev–Trinajstić information content (AvgIpc) is 3.84. The molecule has 0 radical (unpaired) electrons. The second-order valence-corrected chi connectivity index (χ2v) is 16.9. The van der Waals surface area contributed by atoms with Crippen LogP contribution in [0.1, 0.15) is 0 Å². The third-order valence-corrected chi connectivity index (χ3v) is 12.8. The Morgan fingerprint density at radius 2 is 0.333 bits per heavy atom. The number of hydrogen-bond acceptors (Lipinski definition) is 4. The Kier molecular flexibility index (Phi) is 14.3. The van der Waals surface area contributed by atoms with Gasteiger partial charge in [0, 0.05) is 0 Å². The van der Waals surface area contributed by atoms with Crippen molar-refractivity contribution in [1.82, 2.24) is 0 Å². The van der Waals surface area contributed by atoms with Crippen LogP contribution in [0, 0.1) is 0 Å². The topological polar surface area (TPSA) is 49.4 Å². The number of rotatable bonds is 8. The van der Waals surface area contributed by atoms with E-state index in [2.05, 4.69) is 20.0 Å². The zero-order valence-corrected chi connectivity index (χ0v) is 37.4. The van der Waals surface area contributed by atoms with Crippen LogP contribution in [-0.4, -0.2) is 94.9 Å². The number of alkyl halides is 28. The smallest absolute Gasteiger partial charge is 0.245 e. The summed E-state index contributed by atoms with van der Waals surface area (Å²) in [5.41, 5.74) is -39.1. The molecule has 5 heterocycles. The summed E-state index contributed by atoms with van der Waals surface area (Å²) in [6.45, 7) is 0. The van der Waals surface area contributed by atoms with Gasteiger partial charge in [-0.25, -0.2) is 20.0 Å². The first-order valence-electron chi connectivity index (χ1n) is 16.6. The summed E-state index contributed by atoms with van der Waals surface area (Å²) in [6, 6.07) is 0. The fourth-order valence-corrected chi connectivity index (χ4v) is 7.78. The molecule has 0 saturated carbocycles. The van der Waals surface area contributed by atoms with Gasteiger partial charge in [-0.05, 0) is 0 Å². The van der Waals surface area contributed by atoms with E-state index in [1.165, 1.54) is 0 Å². The Hall–Kier alpha value is -3.04. The minimum absolute atomic E-state index is 2.47. The highest BCUT2D eigenvalue weighted by Crippen LogP contribution is 2.61. The number of fused-ring (bicyclic) bond motifs is 4. The van der Waals surface area contributed by atoms with Gasteiger partial charge in [0.15, 0.2) is 0 Å². The lowest BCUT2D eigenvalue weighted by atomic mass is 9.94. The van der Waals surface area contributed by atoms with Crippen LogP contribution in [0.5, 0.6) is 0 Å². The highest BCUT2D eigenvalue weighted by molar-refractivity contribution is 6.59. The van der Waals surface area contributed by atoms with E-state index in [0.29, 0.717) is 0 Å². The van der Waals surface area contributed by atoms with Gasteiger partial charge in [0.25, 0.3) is 0 Å². The Morgan fingerprint density at radius 3 is 0.444 bits per heavy atom. The Bertz CT molecular complexity index is 2490. The maximum atomic E-state index is 16.2. The van der Waals surface area contributed by atoms with Crippen molar-refractivity contribution in [3.63, 3.8) is 0 Å². The van der Waals surface area contributed by atoms with Gasteiger partial charge in [-0.3, -0.25) is 0 Å². The number of allylic oxidation sites excluding steroid dienone is 12. The van der Waals surface area contributed by atoms with E-state index in [0.717, 1.165) is 0 Å². The molecule has 400 valence electrons. The van der Waals surface area contributed by atoms with Crippen LogP contribution in [0.25, 0.3) is 0 Å². The molecule has 5 aliphatic heterocycles. The zero-order chi connectivity index (χ0) is 56.4. The third kappa shape index (κ3) is 8.16. The molecule has 0 aromatic heterocycles. The summed E-state index contributed by atoms with van der Waals surface area (Å²) in [5.74, 6) is -61.5. The van der Waals surface area contributed by atoms with Crippen LogP contribution in [0.4, 0.5) is 123 Å². The Morgan fingerprint density at radius 1 is 0.208 bits per heavy atom. The molecular weight excluding hydrogens is 1260 g/mol. The fraction of sp³-hybridized carbons (Fsp3) is 0.375. The van der Waals surface area contributed by atoms with Crippen molar-refractivity contribution < 1.29 is 123 Å². The van der Waals surface area contributed by atoms with Crippen LogP contribution in [-0.2, 0) is 0 Å². The monoisotopic (exact) mass is 1250 g/mol. The molecule has 0 saturated heterocycles. The van der Waals surface area contributed by atoms with Gasteiger partial charge < -0.3 is 0 Å². The van der Waals surface area contributed by atoms with E-state index in [1.807, 2.05) is 0 Å². The second-order valence-electron chi connectivity index (χ2n) is 13.8. The lowest BCUT2D eigenvalue weighted by molar-refractivity contribution is -0.343. The minimum atomic E-state index is -7.85. The van der Waals surface area contributed by atoms with Crippen molar-refractivity contribution in [2.24, 2.45) is 20.0 Å². The summed E-state index contributed by atoms with van der Waals surface area (Å²) < 4.78 is 414. The molecule has 0 amide bonds. The standard InChI is InChI=1S/C32Cl8F28N4/c33-5-7(35)15-2(22(43,44)26(51,52)30(60,61)62)17-9(37)11(39)19(71-17)4(24(47,48)28(55,56)32(66,67)68)20-12(40)10(38)18(72-20)3(23(45,46)27(53,54)31(63,64)65)16-8(36)6(34)14(70-16)1(13(5)69-15)21(41,42)25(49,50)29(57,58)59. The van der Waals surface area contributed by atoms with Crippen LogP contribution < -0.4 is 0 Å². The van der Waals surface area contributed by atoms with Crippen molar-refractivity contribution >= 4 is 116 Å². The summed E-state index contributed by atoms with van der Waals surface area (Å²) in [6.07, 6.45) is -30.9. The molecule has 0 aliphatic carbocycles. The van der Waals surface area contributed by atoms with Crippen LogP contribution >= 0.6 is 92.8 Å². The van der Waals surface area contributed by atoms with Gasteiger partial charge in [-0.2, -0.15) is 123 Å². The van der Waals surface area contributed by atoms with Crippen LogP contribution in [0.3, 0.4) is 0 Å². The highest BCUT2D eigenvalue weighted by Gasteiger charge is 2.80. The first-order valence-corrected chi connectivity index (χ1v) is 19.6. The molecule has 72 heavy (non-hydrogen) atoms. The van der Waals surface area contributed by atoms with E-state index in [9.17, 15) is 87.8 Å².